The molecule has 0 atom stereocenters. The molecule has 0 saturated carbocycles. The molecule has 2 amide bonds. The molecular weight excluding hydrogens is 390 g/mol. The number of rotatable bonds is 7. The molecule has 2 N–H and O–H groups in total. The zero-order chi connectivity index (χ0) is 18.1. The van der Waals surface area contributed by atoms with Gasteiger partial charge in [0.25, 0.3) is 0 Å². The summed E-state index contributed by atoms with van der Waals surface area (Å²) in [5.74, 6) is -0.358. The quantitative estimate of drug-likeness (QED) is 0.419. The van der Waals surface area contributed by atoms with Crippen LogP contribution in [0.25, 0.3) is 0 Å². The minimum absolute atomic E-state index is 0.134. The first-order valence-electron chi connectivity index (χ1n) is 7.66. The molecule has 0 spiro atoms. The number of nitrogens with one attached hydrogen (secondary N) is 2. The fourth-order valence-electron chi connectivity index (χ4n) is 1.80. The molecule has 0 aliphatic heterocycles. The third-order valence-corrected chi connectivity index (χ3v) is 3.63. The van der Waals surface area contributed by atoms with E-state index in [1.165, 1.54) is 12.5 Å². The molecule has 0 aliphatic rings. The molecule has 1 heterocycles. The highest BCUT2D eigenvalue weighted by Crippen LogP contribution is 2.25. The van der Waals surface area contributed by atoms with E-state index in [0.29, 0.717) is 12.4 Å². The summed E-state index contributed by atoms with van der Waals surface area (Å²) in [5.41, 5.74) is 2.91. The van der Waals surface area contributed by atoms with Crippen molar-refractivity contribution in [2.24, 2.45) is 5.10 Å². The fourth-order valence-corrected chi connectivity index (χ4v) is 2.31. The molecule has 0 radical (unpaired) electrons. The van der Waals surface area contributed by atoms with E-state index in [1.807, 2.05) is 6.92 Å². The third kappa shape index (κ3) is 6.07. The molecule has 0 unspecified atom stereocenters. The van der Waals surface area contributed by atoms with Gasteiger partial charge in [0.1, 0.15) is 11.5 Å². The van der Waals surface area contributed by atoms with Gasteiger partial charge >= 0.3 is 11.8 Å². The number of nitrogens with zero attached hydrogens (tertiary/aromatic N) is 1. The van der Waals surface area contributed by atoms with E-state index in [-0.39, 0.29) is 6.54 Å². The van der Waals surface area contributed by atoms with Crippen LogP contribution in [0.5, 0.6) is 5.75 Å². The van der Waals surface area contributed by atoms with Gasteiger partial charge in [0.15, 0.2) is 0 Å². The summed E-state index contributed by atoms with van der Waals surface area (Å²) in [6.45, 7) is 2.80. The van der Waals surface area contributed by atoms with Crippen molar-refractivity contribution in [2.45, 2.75) is 19.9 Å². The van der Waals surface area contributed by atoms with Crippen LogP contribution in [0, 0.1) is 0 Å². The third-order valence-electron chi connectivity index (χ3n) is 3.01. The predicted molar refractivity (Wildman–Crippen MR) is 96.2 cm³/mol. The molecule has 2 rings (SSSR count). The number of carbonyl (C=O) groups excluding carboxylic acids is 2. The van der Waals surface area contributed by atoms with Crippen LogP contribution in [0.4, 0.5) is 0 Å². The maximum absolute atomic E-state index is 11.6. The van der Waals surface area contributed by atoms with Crippen molar-refractivity contribution in [1.82, 2.24) is 10.7 Å². The summed E-state index contributed by atoms with van der Waals surface area (Å²) in [6, 6.07) is 8.80. The van der Waals surface area contributed by atoms with E-state index in [1.54, 1.807) is 30.3 Å². The van der Waals surface area contributed by atoms with Crippen LogP contribution < -0.4 is 15.5 Å². The largest absolute Gasteiger partial charge is 0.492 e. The Balaban J connectivity index is 1.82. The van der Waals surface area contributed by atoms with Gasteiger partial charge in [-0.05, 0) is 58.2 Å². The molecule has 0 bridgehead atoms. The van der Waals surface area contributed by atoms with Crippen molar-refractivity contribution in [3.8, 4) is 5.75 Å². The second kappa shape index (κ2) is 9.63. The summed E-state index contributed by atoms with van der Waals surface area (Å²) in [7, 11) is 0. The number of hydrogen-bond acceptors (Lipinski definition) is 5. The topological polar surface area (TPSA) is 92.9 Å². The van der Waals surface area contributed by atoms with Gasteiger partial charge < -0.3 is 14.5 Å². The lowest BCUT2D eigenvalue weighted by Crippen LogP contribution is -2.37. The van der Waals surface area contributed by atoms with Crippen molar-refractivity contribution < 1.29 is 18.7 Å². The van der Waals surface area contributed by atoms with Gasteiger partial charge in [0.2, 0.25) is 0 Å². The minimum Gasteiger partial charge on any atom is -0.492 e. The van der Waals surface area contributed by atoms with Gasteiger partial charge in [-0.1, -0.05) is 6.92 Å². The maximum atomic E-state index is 11.6. The predicted octanol–water partition coefficient (Wildman–Crippen LogP) is 2.60. The number of amides is 2. The van der Waals surface area contributed by atoms with Crippen LogP contribution in [0.1, 0.15) is 24.7 Å². The Kier molecular flexibility index (Phi) is 7.21. The highest BCUT2D eigenvalue weighted by Gasteiger charge is 2.12. The van der Waals surface area contributed by atoms with Gasteiger partial charge in [0.05, 0.1) is 30.1 Å². The fraction of sp³-hybridized carbons (Fsp3) is 0.235. The Labute approximate surface area is 153 Å². The lowest BCUT2D eigenvalue weighted by Gasteiger charge is -2.07. The Hall–Kier alpha value is -2.61. The number of hydrazone groups is 1. The van der Waals surface area contributed by atoms with E-state index in [0.717, 1.165) is 22.2 Å². The van der Waals surface area contributed by atoms with Crippen LogP contribution in [0.2, 0.25) is 0 Å². The van der Waals surface area contributed by atoms with Crippen LogP contribution in [-0.2, 0) is 16.1 Å². The number of hydrogen-bond donors (Lipinski definition) is 2. The Morgan fingerprint density at radius 2 is 2.16 bits per heavy atom. The molecule has 1 aromatic heterocycles. The number of benzene rings is 1. The van der Waals surface area contributed by atoms with Gasteiger partial charge in [-0.3, -0.25) is 9.59 Å². The molecule has 8 heteroatoms. The minimum atomic E-state index is -0.857. The number of carbonyl (C=O) groups is 2. The van der Waals surface area contributed by atoms with Crippen molar-refractivity contribution in [1.29, 1.82) is 0 Å². The summed E-state index contributed by atoms with van der Waals surface area (Å²) < 4.78 is 11.4. The van der Waals surface area contributed by atoms with Gasteiger partial charge in [-0.25, -0.2) is 5.43 Å². The van der Waals surface area contributed by atoms with E-state index in [2.05, 4.69) is 31.8 Å². The van der Waals surface area contributed by atoms with Gasteiger partial charge in [0, 0.05) is 0 Å². The average Bonchev–Trinajstić information content (AvgIpc) is 3.12. The van der Waals surface area contributed by atoms with Crippen molar-refractivity contribution in [3.63, 3.8) is 0 Å². The average molecular weight is 408 g/mol. The van der Waals surface area contributed by atoms with Crippen LogP contribution in [-0.4, -0.2) is 24.6 Å². The first-order chi connectivity index (χ1) is 12.1. The van der Waals surface area contributed by atoms with E-state index in [4.69, 9.17) is 9.15 Å². The highest BCUT2D eigenvalue weighted by molar-refractivity contribution is 9.10. The molecule has 0 saturated heterocycles. The number of ether oxygens (including phenoxy) is 1. The first-order valence-corrected chi connectivity index (χ1v) is 8.45. The molecule has 0 fully saturated rings. The normalized spacial score (nSPS) is 10.6. The zero-order valence-electron chi connectivity index (χ0n) is 13.6. The van der Waals surface area contributed by atoms with E-state index >= 15 is 0 Å². The number of furan rings is 1. The summed E-state index contributed by atoms with van der Waals surface area (Å²) >= 11 is 3.41. The first kappa shape index (κ1) is 18.7. The standard InChI is InChI=1S/C17H18BrN3O4/c1-2-7-25-15-6-5-12(9-14(15)18)10-20-21-17(23)16(22)19-11-13-4-3-8-24-13/h3-6,8-10H,2,7,11H2,1H3,(H,19,22)(H,21,23)/b20-10-. The van der Waals surface area contributed by atoms with Crippen LogP contribution in [0.15, 0.2) is 50.6 Å². The second-order valence-corrected chi connectivity index (χ2v) is 5.85. The Morgan fingerprint density at radius 3 is 2.84 bits per heavy atom. The van der Waals surface area contributed by atoms with E-state index < -0.39 is 11.8 Å². The molecule has 132 valence electrons. The Bertz CT molecular complexity index is 744. The lowest BCUT2D eigenvalue weighted by atomic mass is 10.2. The summed E-state index contributed by atoms with van der Waals surface area (Å²) in [5, 5.41) is 6.20. The molecule has 2 aromatic rings. The molecule has 25 heavy (non-hydrogen) atoms. The summed E-state index contributed by atoms with van der Waals surface area (Å²) in [4.78, 5) is 23.3. The SMILES string of the molecule is CCCOc1ccc(/C=N\NC(=O)C(=O)NCc2ccco2)cc1Br. The van der Waals surface area contributed by atoms with Crippen LogP contribution >= 0.6 is 15.9 Å². The van der Waals surface area contributed by atoms with Crippen LogP contribution in [0.3, 0.4) is 0 Å². The molecular formula is C17H18BrN3O4. The zero-order valence-corrected chi connectivity index (χ0v) is 15.2. The molecule has 0 aliphatic carbocycles. The molecule has 1 aromatic carbocycles. The lowest BCUT2D eigenvalue weighted by molar-refractivity contribution is -0.139. The van der Waals surface area contributed by atoms with Gasteiger partial charge in [-0.15, -0.1) is 0 Å². The Morgan fingerprint density at radius 1 is 1.32 bits per heavy atom. The highest BCUT2D eigenvalue weighted by atomic mass is 79.9. The monoisotopic (exact) mass is 407 g/mol. The maximum Gasteiger partial charge on any atom is 0.329 e. The van der Waals surface area contributed by atoms with Crippen molar-refractivity contribution in [3.05, 3.63) is 52.4 Å². The smallest absolute Gasteiger partial charge is 0.329 e. The van der Waals surface area contributed by atoms with Crippen molar-refractivity contribution in [2.75, 3.05) is 6.61 Å². The summed E-state index contributed by atoms with van der Waals surface area (Å²) in [6.07, 6.45) is 3.85. The molecule has 7 nitrogen and oxygen atoms in total. The van der Waals surface area contributed by atoms with Gasteiger partial charge in [-0.2, -0.15) is 5.10 Å². The van der Waals surface area contributed by atoms with Crippen molar-refractivity contribution >= 4 is 34.0 Å². The second-order valence-electron chi connectivity index (χ2n) is 5.00. The van der Waals surface area contributed by atoms with E-state index in [9.17, 15) is 9.59 Å². The number of halogens is 1.